The van der Waals surface area contributed by atoms with Crippen LogP contribution >= 0.6 is 0 Å². The number of nitrogens with zero attached hydrogens (tertiary/aromatic N) is 2. The fraction of sp³-hybridized carbons (Fsp3) is 0.615. The van der Waals surface area contributed by atoms with E-state index >= 15 is 0 Å². The van der Waals surface area contributed by atoms with E-state index in [0.717, 1.165) is 5.69 Å². The van der Waals surface area contributed by atoms with Gasteiger partial charge in [-0.25, -0.2) is 4.98 Å². The Balaban J connectivity index is 1.74. The first kappa shape index (κ1) is 10.8. The molecule has 2 aliphatic rings. The van der Waals surface area contributed by atoms with Gasteiger partial charge < -0.3 is 10.1 Å². The third kappa shape index (κ3) is 1.97. The van der Waals surface area contributed by atoms with Gasteiger partial charge >= 0.3 is 0 Å². The Kier molecular flexibility index (Phi) is 2.89. The van der Waals surface area contributed by atoms with Crippen LogP contribution in [-0.4, -0.2) is 42.2 Å². The van der Waals surface area contributed by atoms with Crippen molar-refractivity contribution in [1.29, 1.82) is 0 Å². The lowest BCUT2D eigenvalue weighted by Gasteiger charge is -2.22. The van der Waals surface area contributed by atoms with E-state index in [-0.39, 0.29) is 0 Å². The van der Waals surface area contributed by atoms with E-state index in [2.05, 4.69) is 15.2 Å². The molecule has 0 aromatic carbocycles. The molecule has 0 aliphatic carbocycles. The Morgan fingerprint density at radius 1 is 1.41 bits per heavy atom. The molecule has 2 fully saturated rings. The highest BCUT2D eigenvalue weighted by atomic mass is 16.5. The van der Waals surface area contributed by atoms with Gasteiger partial charge in [-0.1, -0.05) is 0 Å². The molecule has 2 unspecified atom stereocenters. The predicted octanol–water partition coefficient (Wildman–Crippen LogP) is 1.74. The quantitative estimate of drug-likeness (QED) is 0.863. The van der Waals surface area contributed by atoms with E-state index in [1.165, 1.54) is 32.4 Å². The molecule has 4 nitrogen and oxygen atoms in total. The maximum atomic E-state index is 5.28. The molecule has 0 amide bonds. The van der Waals surface area contributed by atoms with Crippen molar-refractivity contribution in [2.75, 3.05) is 25.5 Å². The van der Waals surface area contributed by atoms with Crippen LogP contribution in [0.5, 0.6) is 5.88 Å². The topological polar surface area (TPSA) is 37.4 Å². The predicted molar refractivity (Wildman–Crippen MR) is 67.4 cm³/mol. The zero-order valence-electron chi connectivity index (χ0n) is 10.2. The average Bonchev–Trinajstić information content (AvgIpc) is 2.95. The van der Waals surface area contributed by atoms with E-state index in [0.29, 0.717) is 18.0 Å². The molecule has 4 heteroatoms. The van der Waals surface area contributed by atoms with Crippen LogP contribution in [0.2, 0.25) is 0 Å². The number of hydrogen-bond acceptors (Lipinski definition) is 4. The molecule has 0 saturated carbocycles. The SMILES string of the molecule is COc1ncccc1NC1CCN2CCCC12. The number of hydrogen-bond donors (Lipinski definition) is 1. The summed E-state index contributed by atoms with van der Waals surface area (Å²) in [5.74, 6) is 0.698. The van der Waals surface area contributed by atoms with E-state index in [1.807, 2.05) is 12.1 Å². The molecule has 0 radical (unpaired) electrons. The van der Waals surface area contributed by atoms with Crippen LogP contribution in [0.15, 0.2) is 18.3 Å². The number of methoxy groups -OCH3 is 1. The average molecular weight is 233 g/mol. The van der Waals surface area contributed by atoms with Gasteiger partial charge in [-0.05, 0) is 37.9 Å². The minimum atomic E-state index is 0.551. The van der Waals surface area contributed by atoms with E-state index in [4.69, 9.17) is 4.74 Å². The zero-order valence-corrected chi connectivity index (χ0v) is 10.2. The van der Waals surface area contributed by atoms with Crippen LogP contribution in [0.25, 0.3) is 0 Å². The molecule has 2 saturated heterocycles. The fourth-order valence-electron chi connectivity index (χ4n) is 3.11. The van der Waals surface area contributed by atoms with Gasteiger partial charge in [0.05, 0.1) is 12.8 Å². The minimum Gasteiger partial charge on any atom is -0.480 e. The Labute approximate surface area is 102 Å². The molecule has 2 atom stereocenters. The second kappa shape index (κ2) is 4.53. The van der Waals surface area contributed by atoms with Gasteiger partial charge in [-0.3, -0.25) is 4.90 Å². The monoisotopic (exact) mass is 233 g/mol. The highest BCUT2D eigenvalue weighted by molar-refractivity contribution is 5.53. The highest BCUT2D eigenvalue weighted by Gasteiger charge is 2.37. The van der Waals surface area contributed by atoms with E-state index in [9.17, 15) is 0 Å². The normalized spacial score (nSPS) is 28.1. The summed E-state index contributed by atoms with van der Waals surface area (Å²) >= 11 is 0. The maximum Gasteiger partial charge on any atom is 0.237 e. The smallest absolute Gasteiger partial charge is 0.237 e. The summed E-state index contributed by atoms with van der Waals surface area (Å²) in [6.07, 6.45) is 5.65. The first-order chi connectivity index (χ1) is 8.38. The first-order valence-electron chi connectivity index (χ1n) is 6.38. The Hall–Kier alpha value is -1.29. The molecular weight excluding hydrogens is 214 g/mol. The van der Waals surface area contributed by atoms with Crippen LogP contribution in [-0.2, 0) is 0 Å². The summed E-state index contributed by atoms with van der Waals surface area (Å²) in [6, 6.07) is 5.26. The summed E-state index contributed by atoms with van der Waals surface area (Å²) < 4.78 is 5.28. The molecule has 0 bridgehead atoms. The van der Waals surface area contributed by atoms with Crippen LogP contribution < -0.4 is 10.1 Å². The number of ether oxygens (including phenoxy) is 1. The molecule has 1 aromatic heterocycles. The van der Waals surface area contributed by atoms with Crippen molar-refractivity contribution in [3.8, 4) is 5.88 Å². The Morgan fingerprint density at radius 2 is 2.35 bits per heavy atom. The standard InChI is InChI=1S/C13H19N3O/c1-17-13-11(4-2-7-14-13)15-10-6-9-16-8-3-5-12(10)16/h2,4,7,10,12,15H,3,5-6,8-9H2,1H3. The molecule has 0 spiro atoms. The largest absolute Gasteiger partial charge is 0.480 e. The van der Waals surface area contributed by atoms with Crippen molar-refractivity contribution in [3.05, 3.63) is 18.3 Å². The van der Waals surface area contributed by atoms with Gasteiger partial charge in [0, 0.05) is 24.8 Å². The van der Waals surface area contributed by atoms with Crippen molar-refractivity contribution in [2.24, 2.45) is 0 Å². The Bertz CT molecular complexity index is 396. The number of anilines is 1. The van der Waals surface area contributed by atoms with Gasteiger partial charge in [-0.2, -0.15) is 0 Å². The van der Waals surface area contributed by atoms with Crippen molar-refractivity contribution < 1.29 is 4.74 Å². The lowest BCUT2D eigenvalue weighted by Crippen LogP contribution is -2.33. The van der Waals surface area contributed by atoms with Gasteiger partial charge in [0.25, 0.3) is 0 Å². The van der Waals surface area contributed by atoms with Crippen molar-refractivity contribution in [2.45, 2.75) is 31.3 Å². The summed E-state index contributed by atoms with van der Waals surface area (Å²) in [7, 11) is 1.67. The zero-order chi connectivity index (χ0) is 11.7. The number of nitrogens with one attached hydrogen (secondary N) is 1. The third-order valence-corrected chi connectivity index (χ3v) is 3.91. The number of pyridine rings is 1. The summed E-state index contributed by atoms with van der Waals surface area (Å²) in [5, 5.41) is 3.60. The molecular formula is C13H19N3O. The van der Waals surface area contributed by atoms with Crippen LogP contribution in [0, 0.1) is 0 Å². The van der Waals surface area contributed by atoms with Crippen molar-refractivity contribution in [3.63, 3.8) is 0 Å². The first-order valence-corrected chi connectivity index (χ1v) is 6.38. The van der Waals surface area contributed by atoms with Crippen LogP contribution in [0.3, 0.4) is 0 Å². The summed E-state index contributed by atoms with van der Waals surface area (Å²) in [5.41, 5.74) is 1.02. The van der Waals surface area contributed by atoms with Crippen molar-refractivity contribution in [1.82, 2.24) is 9.88 Å². The van der Waals surface area contributed by atoms with E-state index < -0.39 is 0 Å². The lowest BCUT2D eigenvalue weighted by atomic mass is 10.1. The molecule has 1 N–H and O–H groups in total. The number of fused-ring (bicyclic) bond motifs is 1. The van der Waals surface area contributed by atoms with Gasteiger partial charge in [-0.15, -0.1) is 0 Å². The second-order valence-corrected chi connectivity index (χ2v) is 4.85. The van der Waals surface area contributed by atoms with Crippen LogP contribution in [0.1, 0.15) is 19.3 Å². The summed E-state index contributed by atoms with van der Waals surface area (Å²) in [4.78, 5) is 6.82. The Morgan fingerprint density at radius 3 is 3.24 bits per heavy atom. The highest BCUT2D eigenvalue weighted by Crippen LogP contribution is 2.31. The maximum absolute atomic E-state index is 5.28. The number of aromatic nitrogens is 1. The van der Waals surface area contributed by atoms with Gasteiger partial charge in [0.2, 0.25) is 5.88 Å². The number of rotatable bonds is 3. The minimum absolute atomic E-state index is 0.551. The molecule has 3 heterocycles. The van der Waals surface area contributed by atoms with E-state index in [1.54, 1.807) is 13.3 Å². The lowest BCUT2D eigenvalue weighted by molar-refractivity contribution is 0.318. The van der Waals surface area contributed by atoms with Crippen LogP contribution in [0.4, 0.5) is 5.69 Å². The second-order valence-electron chi connectivity index (χ2n) is 4.85. The summed E-state index contributed by atoms with van der Waals surface area (Å²) in [6.45, 7) is 2.50. The van der Waals surface area contributed by atoms with Crippen molar-refractivity contribution >= 4 is 5.69 Å². The fourth-order valence-corrected chi connectivity index (χ4v) is 3.11. The molecule has 3 rings (SSSR count). The molecule has 17 heavy (non-hydrogen) atoms. The third-order valence-electron chi connectivity index (χ3n) is 3.91. The molecule has 2 aliphatic heterocycles. The molecule has 1 aromatic rings. The molecule has 92 valence electrons. The van der Waals surface area contributed by atoms with Gasteiger partial charge in [0.1, 0.15) is 0 Å². The van der Waals surface area contributed by atoms with Gasteiger partial charge in [0.15, 0.2) is 0 Å².